The van der Waals surface area contributed by atoms with Crippen LogP contribution in [0, 0.1) is 0 Å². The molecule has 3 heterocycles. The van der Waals surface area contributed by atoms with Crippen molar-refractivity contribution in [1.82, 2.24) is 24.9 Å². The lowest BCUT2D eigenvalue weighted by atomic mass is 10.0. The van der Waals surface area contributed by atoms with Crippen LogP contribution in [0.25, 0.3) is 11.3 Å². The van der Waals surface area contributed by atoms with E-state index in [2.05, 4.69) is 32.3 Å². The Morgan fingerprint density at radius 3 is 2.62 bits per heavy atom. The van der Waals surface area contributed by atoms with Gasteiger partial charge in [-0.3, -0.25) is 14.7 Å². The lowest BCUT2D eigenvalue weighted by Crippen LogP contribution is -2.34. The monoisotopic (exact) mass is 371 g/mol. The maximum absolute atomic E-state index is 5.99. The topological polar surface area (TPSA) is 59.0 Å². The summed E-state index contributed by atoms with van der Waals surface area (Å²) in [5.41, 5.74) is 3.42. The van der Waals surface area contributed by atoms with Crippen LogP contribution in [0.5, 0.6) is 5.75 Å². The van der Waals surface area contributed by atoms with E-state index in [1.807, 2.05) is 29.2 Å². The number of piperidine rings is 1. The molecular formula is C19H22ClN5O. The number of hydrogen-bond acceptors (Lipinski definition) is 4. The molecule has 3 aromatic rings. The minimum absolute atomic E-state index is 0.434. The summed E-state index contributed by atoms with van der Waals surface area (Å²) in [6, 6.07) is 8.50. The lowest BCUT2D eigenvalue weighted by molar-refractivity contribution is 0.173. The zero-order valence-corrected chi connectivity index (χ0v) is 15.5. The fourth-order valence-electron chi connectivity index (χ4n) is 3.54. The van der Waals surface area contributed by atoms with Crippen LogP contribution in [0.4, 0.5) is 0 Å². The number of methoxy groups -OCH3 is 1. The molecule has 1 fully saturated rings. The molecule has 1 aliphatic heterocycles. The summed E-state index contributed by atoms with van der Waals surface area (Å²) in [5, 5.41) is 12.5. The fourth-order valence-corrected chi connectivity index (χ4v) is 3.68. The van der Waals surface area contributed by atoms with E-state index in [1.54, 1.807) is 13.3 Å². The molecule has 4 rings (SSSR count). The Kier molecular flexibility index (Phi) is 4.95. The predicted molar refractivity (Wildman–Crippen MR) is 101 cm³/mol. The van der Waals surface area contributed by atoms with Gasteiger partial charge in [0, 0.05) is 37.0 Å². The first-order valence-electron chi connectivity index (χ1n) is 8.81. The minimum Gasteiger partial charge on any atom is -0.497 e. The predicted octanol–water partition coefficient (Wildman–Crippen LogP) is 3.77. The maximum Gasteiger partial charge on any atom is 0.118 e. The van der Waals surface area contributed by atoms with Gasteiger partial charge in [0.15, 0.2) is 0 Å². The van der Waals surface area contributed by atoms with E-state index in [4.69, 9.17) is 16.3 Å². The first-order chi connectivity index (χ1) is 12.7. The smallest absolute Gasteiger partial charge is 0.118 e. The molecule has 1 saturated heterocycles. The van der Waals surface area contributed by atoms with Crippen molar-refractivity contribution in [2.45, 2.75) is 25.4 Å². The zero-order valence-electron chi connectivity index (χ0n) is 14.7. The Hall–Kier alpha value is -2.31. The number of nitrogens with one attached hydrogen (secondary N) is 1. The average Bonchev–Trinajstić information content (AvgIpc) is 3.31. The number of ether oxygens (including phenoxy) is 1. The molecule has 0 saturated carbocycles. The van der Waals surface area contributed by atoms with Crippen molar-refractivity contribution in [3.63, 3.8) is 0 Å². The highest BCUT2D eigenvalue weighted by Gasteiger charge is 2.22. The van der Waals surface area contributed by atoms with Crippen LogP contribution in [0.3, 0.4) is 0 Å². The van der Waals surface area contributed by atoms with Gasteiger partial charge in [0.1, 0.15) is 5.75 Å². The Morgan fingerprint density at radius 1 is 1.19 bits per heavy atom. The number of aromatic amines is 1. The van der Waals surface area contributed by atoms with Gasteiger partial charge in [0.05, 0.1) is 36.3 Å². The molecule has 0 amide bonds. The van der Waals surface area contributed by atoms with Gasteiger partial charge in [-0.05, 0) is 37.1 Å². The molecule has 0 spiro atoms. The average molecular weight is 372 g/mol. The first kappa shape index (κ1) is 17.1. The van der Waals surface area contributed by atoms with Gasteiger partial charge in [-0.25, -0.2) is 0 Å². The number of rotatable bonds is 5. The molecule has 1 aliphatic rings. The maximum atomic E-state index is 5.99. The Balaban J connectivity index is 1.40. The van der Waals surface area contributed by atoms with E-state index in [9.17, 15) is 0 Å². The number of likely N-dealkylation sites (tertiary alicyclic amines) is 1. The first-order valence-corrected chi connectivity index (χ1v) is 9.19. The second-order valence-electron chi connectivity index (χ2n) is 6.64. The van der Waals surface area contributed by atoms with Gasteiger partial charge in [-0.1, -0.05) is 11.6 Å². The normalized spacial score (nSPS) is 16.1. The molecule has 0 aliphatic carbocycles. The molecule has 0 radical (unpaired) electrons. The highest BCUT2D eigenvalue weighted by atomic mass is 35.5. The van der Waals surface area contributed by atoms with Gasteiger partial charge in [0.25, 0.3) is 0 Å². The SMILES string of the molecule is COc1ccc(-c2[nH]ncc2CN2CCC(n3cc(Cl)cn3)CC2)cc1. The third-order valence-electron chi connectivity index (χ3n) is 4.99. The summed E-state index contributed by atoms with van der Waals surface area (Å²) >= 11 is 5.99. The van der Waals surface area contributed by atoms with Crippen molar-refractivity contribution in [3.05, 3.63) is 53.4 Å². The van der Waals surface area contributed by atoms with Crippen molar-refractivity contribution >= 4 is 11.6 Å². The Morgan fingerprint density at radius 2 is 1.96 bits per heavy atom. The molecule has 26 heavy (non-hydrogen) atoms. The third-order valence-corrected chi connectivity index (χ3v) is 5.19. The van der Waals surface area contributed by atoms with Crippen molar-refractivity contribution in [3.8, 4) is 17.0 Å². The van der Waals surface area contributed by atoms with Gasteiger partial charge < -0.3 is 4.74 Å². The summed E-state index contributed by atoms with van der Waals surface area (Å²) in [7, 11) is 1.68. The summed E-state index contributed by atoms with van der Waals surface area (Å²) in [4.78, 5) is 2.47. The second-order valence-corrected chi connectivity index (χ2v) is 7.08. The standard InChI is InChI=1S/C19H22ClN5O/c1-26-18-4-2-14(3-5-18)19-15(10-21-23-19)12-24-8-6-17(7-9-24)25-13-16(20)11-22-25/h2-5,10-11,13,17H,6-9,12H2,1H3,(H,21,23). The largest absolute Gasteiger partial charge is 0.497 e. The highest BCUT2D eigenvalue weighted by molar-refractivity contribution is 6.30. The molecule has 7 heteroatoms. The quantitative estimate of drug-likeness (QED) is 0.741. The fraction of sp³-hybridized carbons (Fsp3) is 0.368. The highest BCUT2D eigenvalue weighted by Crippen LogP contribution is 2.27. The van der Waals surface area contributed by atoms with Crippen LogP contribution in [0.1, 0.15) is 24.4 Å². The molecule has 0 bridgehead atoms. The number of nitrogens with zero attached hydrogens (tertiary/aromatic N) is 4. The van der Waals surface area contributed by atoms with E-state index in [0.29, 0.717) is 11.1 Å². The Labute approximate surface area is 157 Å². The third kappa shape index (κ3) is 3.61. The van der Waals surface area contributed by atoms with Crippen LogP contribution in [0.2, 0.25) is 5.02 Å². The molecule has 1 N–H and O–H groups in total. The van der Waals surface area contributed by atoms with Gasteiger partial charge in [-0.2, -0.15) is 10.2 Å². The van der Waals surface area contributed by atoms with Crippen LogP contribution >= 0.6 is 11.6 Å². The summed E-state index contributed by atoms with van der Waals surface area (Å²) < 4.78 is 7.24. The van der Waals surface area contributed by atoms with Crippen molar-refractivity contribution < 1.29 is 4.74 Å². The zero-order chi connectivity index (χ0) is 17.9. The van der Waals surface area contributed by atoms with Crippen LogP contribution in [-0.2, 0) is 6.54 Å². The van der Waals surface area contributed by atoms with Crippen molar-refractivity contribution in [2.75, 3.05) is 20.2 Å². The Bertz CT molecular complexity index is 849. The lowest BCUT2D eigenvalue weighted by Gasteiger charge is -2.32. The molecular weight excluding hydrogens is 350 g/mol. The molecule has 1 aromatic carbocycles. The van der Waals surface area contributed by atoms with Gasteiger partial charge >= 0.3 is 0 Å². The van der Waals surface area contributed by atoms with Gasteiger partial charge in [-0.15, -0.1) is 0 Å². The van der Waals surface area contributed by atoms with Crippen LogP contribution < -0.4 is 4.74 Å². The number of H-pyrrole nitrogens is 1. The van der Waals surface area contributed by atoms with E-state index < -0.39 is 0 Å². The summed E-state index contributed by atoms with van der Waals surface area (Å²) in [5.74, 6) is 0.857. The van der Waals surface area contributed by atoms with E-state index in [1.165, 1.54) is 5.56 Å². The molecule has 2 aromatic heterocycles. The number of hydrogen-bond donors (Lipinski definition) is 1. The van der Waals surface area contributed by atoms with Crippen molar-refractivity contribution in [1.29, 1.82) is 0 Å². The second kappa shape index (κ2) is 7.51. The van der Waals surface area contributed by atoms with Crippen LogP contribution in [0.15, 0.2) is 42.9 Å². The minimum atomic E-state index is 0.434. The van der Waals surface area contributed by atoms with E-state index >= 15 is 0 Å². The van der Waals surface area contributed by atoms with Gasteiger partial charge in [0.2, 0.25) is 0 Å². The molecule has 136 valence electrons. The molecule has 6 nitrogen and oxygen atoms in total. The van der Waals surface area contributed by atoms with Crippen LogP contribution in [-0.4, -0.2) is 45.1 Å². The number of benzene rings is 1. The number of aromatic nitrogens is 4. The summed E-state index contributed by atoms with van der Waals surface area (Å²) in [6.07, 6.45) is 7.71. The molecule has 0 atom stereocenters. The number of halogens is 1. The summed E-state index contributed by atoms with van der Waals surface area (Å²) in [6.45, 7) is 2.97. The van der Waals surface area contributed by atoms with E-state index in [0.717, 1.165) is 49.5 Å². The van der Waals surface area contributed by atoms with Crippen molar-refractivity contribution in [2.24, 2.45) is 0 Å². The molecule has 0 unspecified atom stereocenters. The van der Waals surface area contributed by atoms with E-state index in [-0.39, 0.29) is 0 Å².